The zero-order valence-electron chi connectivity index (χ0n) is 12.8. The lowest BCUT2D eigenvalue weighted by atomic mass is 9.53. The maximum Gasteiger partial charge on any atom is 0.220 e. The number of hydrogen-bond acceptors (Lipinski definition) is 2. The summed E-state index contributed by atoms with van der Waals surface area (Å²) in [7, 11) is 1.74. The molecular formula is C18H23NO2. The van der Waals surface area contributed by atoms with Gasteiger partial charge < -0.3 is 10.1 Å². The van der Waals surface area contributed by atoms with Gasteiger partial charge in [-0.1, -0.05) is 19.1 Å². The third kappa shape index (κ3) is 1.76. The molecule has 21 heavy (non-hydrogen) atoms. The number of hydrogen-bond donors (Lipinski definition) is 1. The Bertz CT molecular complexity index is 597. The molecule has 1 saturated carbocycles. The average Bonchev–Trinajstić information content (AvgIpc) is 2.45. The fourth-order valence-electron chi connectivity index (χ4n) is 5.37. The first-order valence-electron chi connectivity index (χ1n) is 8.11. The number of benzene rings is 1. The molecule has 1 aromatic rings. The first-order valence-corrected chi connectivity index (χ1v) is 8.11. The molecular weight excluding hydrogens is 262 g/mol. The van der Waals surface area contributed by atoms with Crippen LogP contribution in [0.4, 0.5) is 0 Å². The van der Waals surface area contributed by atoms with Crippen LogP contribution in [0.3, 0.4) is 0 Å². The molecule has 4 rings (SSSR count). The summed E-state index contributed by atoms with van der Waals surface area (Å²) in [5.74, 6) is 3.09. The van der Waals surface area contributed by atoms with Crippen LogP contribution < -0.4 is 10.1 Å². The Morgan fingerprint density at radius 1 is 1.38 bits per heavy atom. The van der Waals surface area contributed by atoms with Gasteiger partial charge in [0.15, 0.2) is 0 Å². The van der Waals surface area contributed by atoms with Crippen molar-refractivity contribution in [2.45, 2.75) is 44.6 Å². The number of nitrogens with one attached hydrogen (secondary N) is 1. The molecule has 2 aliphatic carbocycles. The zero-order chi connectivity index (χ0) is 14.6. The van der Waals surface area contributed by atoms with Crippen molar-refractivity contribution in [1.29, 1.82) is 0 Å². The number of methoxy groups -OCH3 is 1. The second-order valence-electron chi connectivity index (χ2n) is 7.17. The van der Waals surface area contributed by atoms with E-state index in [-0.39, 0.29) is 11.4 Å². The molecule has 3 nitrogen and oxygen atoms in total. The maximum atomic E-state index is 12.2. The lowest BCUT2D eigenvalue weighted by molar-refractivity contribution is -0.131. The van der Waals surface area contributed by atoms with Crippen LogP contribution in [-0.2, 0) is 16.8 Å². The van der Waals surface area contributed by atoms with Crippen molar-refractivity contribution in [2.75, 3.05) is 7.11 Å². The topological polar surface area (TPSA) is 38.3 Å². The number of carbonyl (C=O) groups is 1. The van der Waals surface area contributed by atoms with Gasteiger partial charge in [-0.05, 0) is 55.1 Å². The number of amides is 1. The highest BCUT2D eigenvalue weighted by atomic mass is 16.5. The van der Waals surface area contributed by atoms with Gasteiger partial charge in [-0.25, -0.2) is 0 Å². The van der Waals surface area contributed by atoms with Crippen LogP contribution in [0.5, 0.6) is 5.75 Å². The summed E-state index contributed by atoms with van der Waals surface area (Å²) in [5, 5.41) is 3.41. The summed E-state index contributed by atoms with van der Waals surface area (Å²) in [6.07, 6.45) is 5.19. The van der Waals surface area contributed by atoms with Gasteiger partial charge in [-0.3, -0.25) is 4.79 Å². The molecule has 1 aromatic carbocycles. The van der Waals surface area contributed by atoms with Gasteiger partial charge >= 0.3 is 0 Å². The largest absolute Gasteiger partial charge is 0.496 e. The number of fused-ring (bicyclic) bond motifs is 1. The van der Waals surface area contributed by atoms with Crippen molar-refractivity contribution in [1.82, 2.24) is 5.32 Å². The van der Waals surface area contributed by atoms with Crippen LogP contribution in [0.15, 0.2) is 18.2 Å². The summed E-state index contributed by atoms with van der Waals surface area (Å²) < 4.78 is 5.67. The predicted octanol–water partition coefficient (Wildman–Crippen LogP) is 3.02. The van der Waals surface area contributed by atoms with Crippen LogP contribution in [0, 0.1) is 17.8 Å². The van der Waals surface area contributed by atoms with Crippen LogP contribution in [0.1, 0.15) is 43.7 Å². The Kier molecular flexibility index (Phi) is 2.82. The molecule has 0 aromatic heterocycles. The highest BCUT2D eigenvalue weighted by Gasteiger charge is 2.56. The Morgan fingerprint density at radius 3 is 3.05 bits per heavy atom. The third-order valence-corrected chi connectivity index (χ3v) is 5.88. The van der Waals surface area contributed by atoms with Gasteiger partial charge in [0, 0.05) is 12.0 Å². The van der Waals surface area contributed by atoms with E-state index in [1.165, 1.54) is 17.5 Å². The molecule has 4 atom stereocenters. The molecule has 0 spiro atoms. The third-order valence-electron chi connectivity index (χ3n) is 5.88. The summed E-state index contributed by atoms with van der Waals surface area (Å²) in [6.45, 7) is 2.33. The van der Waals surface area contributed by atoms with E-state index in [0.29, 0.717) is 24.2 Å². The number of carbonyl (C=O) groups excluding carboxylic acids is 1. The molecule has 3 aliphatic rings. The van der Waals surface area contributed by atoms with Gasteiger partial charge in [0.05, 0.1) is 12.6 Å². The van der Waals surface area contributed by atoms with Gasteiger partial charge in [0.2, 0.25) is 5.91 Å². The van der Waals surface area contributed by atoms with E-state index in [4.69, 9.17) is 4.74 Å². The van der Waals surface area contributed by atoms with E-state index >= 15 is 0 Å². The van der Waals surface area contributed by atoms with Crippen molar-refractivity contribution in [2.24, 2.45) is 17.8 Å². The molecule has 2 bridgehead atoms. The molecule has 3 heteroatoms. The molecule has 112 valence electrons. The summed E-state index contributed by atoms with van der Waals surface area (Å²) in [4.78, 5) is 12.2. The number of piperidine rings is 1. The lowest BCUT2D eigenvalue weighted by Crippen LogP contribution is -2.62. The maximum absolute atomic E-state index is 12.2. The SMILES string of the molecule is COc1cccc2c1[C@@]13C[C@H](C)C[C@@H](C2)[C@H]1CCC(=O)N3. The van der Waals surface area contributed by atoms with Crippen LogP contribution in [0.2, 0.25) is 0 Å². The molecule has 1 heterocycles. The predicted molar refractivity (Wildman–Crippen MR) is 81.1 cm³/mol. The quantitative estimate of drug-likeness (QED) is 0.861. The first-order chi connectivity index (χ1) is 10.1. The molecule has 0 radical (unpaired) electrons. The monoisotopic (exact) mass is 285 g/mol. The Labute approximate surface area is 126 Å². The smallest absolute Gasteiger partial charge is 0.220 e. The summed E-state index contributed by atoms with van der Waals surface area (Å²) >= 11 is 0. The molecule has 1 N–H and O–H groups in total. The minimum Gasteiger partial charge on any atom is -0.496 e. The molecule has 0 unspecified atom stereocenters. The van der Waals surface area contributed by atoms with Gasteiger partial charge in [-0.2, -0.15) is 0 Å². The minimum atomic E-state index is -0.183. The fourth-order valence-corrected chi connectivity index (χ4v) is 5.37. The summed E-state index contributed by atoms with van der Waals surface area (Å²) in [5.41, 5.74) is 2.47. The van der Waals surface area contributed by atoms with E-state index in [9.17, 15) is 4.79 Å². The van der Waals surface area contributed by atoms with Crippen molar-refractivity contribution < 1.29 is 9.53 Å². The highest BCUT2D eigenvalue weighted by Crippen LogP contribution is 2.57. The molecule has 1 saturated heterocycles. The van der Waals surface area contributed by atoms with E-state index in [0.717, 1.165) is 25.0 Å². The Balaban J connectivity index is 1.95. The molecule has 1 aliphatic heterocycles. The number of ether oxygens (including phenoxy) is 1. The minimum absolute atomic E-state index is 0.183. The van der Waals surface area contributed by atoms with Crippen molar-refractivity contribution >= 4 is 5.91 Å². The second kappa shape index (κ2) is 4.49. The van der Waals surface area contributed by atoms with Crippen molar-refractivity contribution in [3.63, 3.8) is 0 Å². The van der Waals surface area contributed by atoms with Crippen molar-refractivity contribution in [3.05, 3.63) is 29.3 Å². The van der Waals surface area contributed by atoms with E-state index in [1.54, 1.807) is 7.11 Å². The molecule has 1 amide bonds. The van der Waals surface area contributed by atoms with Crippen molar-refractivity contribution in [3.8, 4) is 5.75 Å². The molecule has 2 fully saturated rings. The first kappa shape index (κ1) is 13.2. The van der Waals surface area contributed by atoms with E-state index < -0.39 is 0 Å². The standard InChI is InChI=1S/C18H23NO2/c1-11-8-13-9-12-4-3-5-15(21-2)17(12)18(10-11)14(13)6-7-16(20)19-18/h3-5,11,13-14H,6-10H2,1-2H3,(H,19,20)/t11-,13+,14-,18-/m1/s1. The normalized spacial score (nSPS) is 37.2. The van der Waals surface area contributed by atoms with Crippen LogP contribution in [0.25, 0.3) is 0 Å². The van der Waals surface area contributed by atoms with Gasteiger partial charge in [0.25, 0.3) is 0 Å². The number of rotatable bonds is 1. The van der Waals surface area contributed by atoms with E-state index in [1.807, 2.05) is 6.07 Å². The lowest BCUT2D eigenvalue weighted by Gasteiger charge is -2.57. The van der Waals surface area contributed by atoms with E-state index in [2.05, 4.69) is 24.4 Å². The second-order valence-corrected chi connectivity index (χ2v) is 7.17. The Morgan fingerprint density at radius 2 is 2.24 bits per heavy atom. The highest BCUT2D eigenvalue weighted by molar-refractivity contribution is 5.79. The van der Waals surface area contributed by atoms with Gasteiger partial charge in [0.1, 0.15) is 5.75 Å². The summed E-state index contributed by atoms with van der Waals surface area (Å²) in [6, 6.07) is 6.35. The zero-order valence-corrected chi connectivity index (χ0v) is 12.8. The van der Waals surface area contributed by atoms with Gasteiger partial charge in [-0.15, -0.1) is 0 Å². The van der Waals surface area contributed by atoms with Crippen LogP contribution >= 0.6 is 0 Å². The Hall–Kier alpha value is -1.51. The fraction of sp³-hybridized carbons (Fsp3) is 0.611. The average molecular weight is 285 g/mol. The van der Waals surface area contributed by atoms with Crippen LogP contribution in [-0.4, -0.2) is 13.0 Å².